The molecule has 0 aromatic heterocycles. The fourth-order valence-corrected chi connectivity index (χ4v) is 4.98. The van der Waals surface area contributed by atoms with Gasteiger partial charge in [-0.25, -0.2) is 8.42 Å². The van der Waals surface area contributed by atoms with E-state index in [1.54, 1.807) is 61.5 Å². The number of carbonyl (C=O) groups excluding carboxylic acids is 2. The van der Waals surface area contributed by atoms with E-state index in [-0.39, 0.29) is 16.8 Å². The summed E-state index contributed by atoms with van der Waals surface area (Å²) in [7, 11) is -4.03. The molecule has 3 aromatic carbocycles. The van der Waals surface area contributed by atoms with Gasteiger partial charge < -0.3 is 10.6 Å². The van der Waals surface area contributed by atoms with Crippen molar-refractivity contribution >= 4 is 33.2 Å². The highest BCUT2D eigenvalue weighted by molar-refractivity contribution is 7.92. The third kappa shape index (κ3) is 6.27. The van der Waals surface area contributed by atoms with E-state index < -0.39 is 22.5 Å². The largest absolute Gasteiger partial charge is 0.350 e. The van der Waals surface area contributed by atoms with Crippen LogP contribution in [0.15, 0.2) is 77.7 Å². The van der Waals surface area contributed by atoms with Crippen molar-refractivity contribution in [3.05, 3.63) is 89.5 Å². The van der Waals surface area contributed by atoms with Crippen LogP contribution in [0.4, 0.5) is 11.4 Å². The Bertz CT molecular complexity index is 1300. The van der Waals surface area contributed by atoms with Crippen molar-refractivity contribution in [1.82, 2.24) is 5.32 Å². The van der Waals surface area contributed by atoms with E-state index in [1.165, 1.54) is 12.1 Å². The first-order valence-corrected chi connectivity index (χ1v) is 12.9. The van der Waals surface area contributed by atoms with E-state index in [4.69, 9.17) is 0 Å². The average molecular weight is 494 g/mol. The maximum atomic E-state index is 13.6. The van der Waals surface area contributed by atoms with Crippen LogP contribution < -0.4 is 14.9 Å². The molecule has 3 aromatic rings. The third-order valence-electron chi connectivity index (χ3n) is 5.72. The Kier molecular flexibility index (Phi) is 8.30. The van der Waals surface area contributed by atoms with E-state index in [9.17, 15) is 18.0 Å². The van der Waals surface area contributed by atoms with Crippen LogP contribution in [-0.2, 0) is 14.8 Å². The lowest BCUT2D eigenvalue weighted by Gasteiger charge is -2.26. The van der Waals surface area contributed by atoms with Crippen LogP contribution in [0.25, 0.3) is 0 Å². The lowest BCUT2D eigenvalue weighted by molar-refractivity contribution is -0.114. The van der Waals surface area contributed by atoms with Gasteiger partial charge >= 0.3 is 0 Å². The van der Waals surface area contributed by atoms with Crippen LogP contribution in [0, 0.1) is 13.8 Å². The van der Waals surface area contributed by atoms with E-state index in [0.717, 1.165) is 16.3 Å². The fourth-order valence-electron chi connectivity index (χ4n) is 3.49. The van der Waals surface area contributed by atoms with Crippen molar-refractivity contribution in [2.45, 2.75) is 45.1 Å². The molecule has 8 heteroatoms. The molecule has 184 valence electrons. The molecule has 0 aliphatic carbocycles. The minimum absolute atomic E-state index is 0.0255. The molecule has 0 spiro atoms. The summed E-state index contributed by atoms with van der Waals surface area (Å²) in [4.78, 5) is 25.9. The van der Waals surface area contributed by atoms with E-state index >= 15 is 0 Å². The van der Waals surface area contributed by atoms with Gasteiger partial charge in [-0.2, -0.15) is 0 Å². The number of para-hydroxylation sites is 2. The van der Waals surface area contributed by atoms with Gasteiger partial charge in [-0.05, 0) is 63.1 Å². The lowest BCUT2D eigenvalue weighted by atomic mass is 10.1. The van der Waals surface area contributed by atoms with Crippen LogP contribution in [-0.4, -0.2) is 32.8 Å². The summed E-state index contributed by atoms with van der Waals surface area (Å²) >= 11 is 0. The monoisotopic (exact) mass is 493 g/mol. The van der Waals surface area contributed by atoms with Crippen LogP contribution in [0.5, 0.6) is 0 Å². The molecular weight excluding hydrogens is 462 g/mol. The molecule has 3 rings (SSSR count). The van der Waals surface area contributed by atoms with Gasteiger partial charge in [0.05, 0.1) is 21.8 Å². The Balaban J connectivity index is 1.93. The second kappa shape index (κ2) is 11.2. The smallest absolute Gasteiger partial charge is 0.264 e. The molecule has 0 heterocycles. The number of aryl methyl sites for hydroxylation is 2. The molecule has 0 bridgehead atoms. The molecule has 1 atom stereocenters. The van der Waals surface area contributed by atoms with E-state index in [1.807, 2.05) is 26.8 Å². The van der Waals surface area contributed by atoms with Crippen molar-refractivity contribution in [1.29, 1.82) is 0 Å². The number of benzene rings is 3. The van der Waals surface area contributed by atoms with E-state index in [2.05, 4.69) is 10.6 Å². The Morgan fingerprint density at radius 2 is 1.54 bits per heavy atom. The number of nitrogens with one attached hydrogen (secondary N) is 2. The quantitative estimate of drug-likeness (QED) is 0.453. The maximum absolute atomic E-state index is 13.6. The summed E-state index contributed by atoms with van der Waals surface area (Å²) < 4.78 is 28.3. The summed E-state index contributed by atoms with van der Waals surface area (Å²) in [5.41, 5.74) is 2.67. The molecule has 0 saturated carbocycles. The van der Waals surface area contributed by atoms with Crippen LogP contribution >= 0.6 is 0 Å². The lowest BCUT2D eigenvalue weighted by Crippen LogP contribution is -2.39. The Morgan fingerprint density at radius 3 is 2.20 bits per heavy atom. The fraction of sp³-hybridized carbons (Fsp3) is 0.259. The molecule has 2 amide bonds. The molecule has 2 N–H and O–H groups in total. The Morgan fingerprint density at radius 1 is 0.914 bits per heavy atom. The highest BCUT2D eigenvalue weighted by Gasteiger charge is 2.28. The Hall–Kier alpha value is -3.65. The molecule has 7 nitrogen and oxygen atoms in total. The predicted octanol–water partition coefficient (Wildman–Crippen LogP) is 4.67. The predicted molar refractivity (Wildman–Crippen MR) is 139 cm³/mol. The SMILES string of the molecule is CC[C@H](C)NC(=O)c1ccccc1NC(=O)CN(c1ccccc1C)S(=O)(=O)c1ccc(C)cc1. The van der Waals surface area contributed by atoms with Crippen LogP contribution in [0.3, 0.4) is 0 Å². The average Bonchev–Trinajstić information content (AvgIpc) is 2.83. The number of hydrogen-bond donors (Lipinski definition) is 2. The second-order valence-corrected chi connectivity index (χ2v) is 10.4. The van der Waals surface area contributed by atoms with E-state index in [0.29, 0.717) is 22.5 Å². The number of anilines is 2. The van der Waals surface area contributed by atoms with Crippen LogP contribution in [0.2, 0.25) is 0 Å². The molecule has 0 aliphatic rings. The number of rotatable bonds is 9. The first kappa shape index (κ1) is 26.0. The molecular formula is C27H31N3O4S. The van der Waals surface area contributed by atoms with Gasteiger partial charge in [-0.1, -0.05) is 55.0 Å². The summed E-state index contributed by atoms with van der Waals surface area (Å²) in [6.07, 6.45) is 0.766. The van der Waals surface area contributed by atoms with Gasteiger partial charge in [-0.3, -0.25) is 13.9 Å². The minimum Gasteiger partial charge on any atom is -0.350 e. The zero-order valence-corrected chi connectivity index (χ0v) is 21.2. The van der Waals surface area contributed by atoms with Crippen LogP contribution in [0.1, 0.15) is 41.8 Å². The third-order valence-corrected chi connectivity index (χ3v) is 7.49. The topological polar surface area (TPSA) is 95.6 Å². The standard InChI is InChI=1S/C27H31N3O4S/c1-5-21(4)28-27(32)23-11-7-8-12-24(23)29-26(31)18-30(25-13-9-6-10-20(25)3)35(33,34)22-16-14-19(2)15-17-22/h6-17,21H,5,18H2,1-4H3,(H,28,32)(H,29,31)/t21-/m0/s1. The maximum Gasteiger partial charge on any atom is 0.264 e. The number of hydrogen-bond acceptors (Lipinski definition) is 4. The molecule has 35 heavy (non-hydrogen) atoms. The number of sulfonamides is 1. The Labute approximate surface area is 207 Å². The van der Waals surface area contributed by atoms with Gasteiger partial charge in [0.1, 0.15) is 6.54 Å². The molecule has 0 radical (unpaired) electrons. The van der Waals surface area contributed by atoms with Gasteiger partial charge in [-0.15, -0.1) is 0 Å². The van der Waals surface area contributed by atoms with Gasteiger partial charge in [0.2, 0.25) is 5.91 Å². The first-order chi connectivity index (χ1) is 16.6. The van der Waals surface area contributed by atoms with Crippen molar-refractivity contribution in [3.63, 3.8) is 0 Å². The minimum atomic E-state index is -4.03. The molecule has 0 fully saturated rings. The zero-order chi connectivity index (χ0) is 25.6. The van der Waals surface area contributed by atoms with Crippen molar-refractivity contribution in [3.8, 4) is 0 Å². The first-order valence-electron chi connectivity index (χ1n) is 11.5. The van der Waals surface area contributed by atoms with Gasteiger partial charge in [0, 0.05) is 6.04 Å². The van der Waals surface area contributed by atoms with Crippen molar-refractivity contribution < 1.29 is 18.0 Å². The molecule has 0 aliphatic heterocycles. The van der Waals surface area contributed by atoms with Gasteiger partial charge in [0.25, 0.3) is 15.9 Å². The molecule has 0 unspecified atom stereocenters. The molecule has 0 saturated heterocycles. The summed E-state index contributed by atoms with van der Waals surface area (Å²) in [5.74, 6) is -0.869. The number of nitrogens with zero attached hydrogens (tertiary/aromatic N) is 1. The number of carbonyl (C=O) groups is 2. The highest BCUT2D eigenvalue weighted by Crippen LogP contribution is 2.27. The summed E-state index contributed by atoms with van der Waals surface area (Å²) in [5, 5.41) is 5.62. The highest BCUT2D eigenvalue weighted by atomic mass is 32.2. The van der Waals surface area contributed by atoms with Crippen molar-refractivity contribution in [2.75, 3.05) is 16.2 Å². The summed E-state index contributed by atoms with van der Waals surface area (Å²) in [6, 6.07) is 20.1. The normalized spacial score (nSPS) is 12.0. The zero-order valence-electron chi connectivity index (χ0n) is 20.4. The summed E-state index contributed by atoms with van der Waals surface area (Å²) in [6.45, 7) is 7.07. The second-order valence-electron chi connectivity index (χ2n) is 8.49. The van der Waals surface area contributed by atoms with Crippen molar-refractivity contribution in [2.24, 2.45) is 0 Å². The number of amides is 2. The van der Waals surface area contributed by atoms with Gasteiger partial charge in [0.15, 0.2) is 0 Å².